The van der Waals surface area contributed by atoms with Crippen LogP contribution in [0.25, 0.3) is 0 Å². The van der Waals surface area contributed by atoms with Crippen LogP contribution in [0.3, 0.4) is 0 Å². The van der Waals surface area contributed by atoms with Crippen molar-refractivity contribution in [3.8, 4) is 0 Å². The van der Waals surface area contributed by atoms with E-state index in [4.69, 9.17) is 37.9 Å². The fourth-order valence-electron chi connectivity index (χ4n) is 16.2. The topological polar surface area (TPSA) is 388 Å². The molecule has 0 spiro atoms. The summed E-state index contributed by atoms with van der Waals surface area (Å²) in [5.74, 6) is -3.72. The third kappa shape index (κ3) is 9.94. The maximum Gasteiger partial charge on any atom is 0.335 e. The lowest BCUT2D eigenvalue weighted by molar-refractivity contribution is -0.389. The second kappa shape index (κ2) is 22.6. The molecule has 27 atom stereocenters. The number of aliphatic hydroxyl groups excluding tert-OH is 12. The first-order chi connectivity index (χ1) is 36.9. The van der Waals surface area contributed by atoms with Gasteiger partial charge >= 0.3 is 17.9 Å². The van der Waals surface area contributed by atoms with Crippen LogP contribution in [-0.2, 0) is 52.3 Å². The molecule has 13 N–H and O–H groups in total. The van der Waals surface area contributed by atoms with E-state index in [1.54, 1.807) is 19.9 Å². The normalized spacial score (nSPS) is 50.6. The molecule has 0 amide bonds. The lowest BCUT2D eigenvalue weighted by Gasteiger charge is -2.72. The molecule has 0 unspecified atom stereocenters. The minimum absolute atomic E-state index is 0.0419. The molecule has 3 aliphatic heterocycles. The van der Waals surface area contributed by atoms with Crippen LogP contribution in [0.1, 0.15) is 107 Å². The van der Waals surface area contributed by atoms with Gasteiger partial charge in [-0.15, -0.1) is 0 Å². The molecule has 450 valence electrons. The Hall–Kier alpha value is -2.83. The second-order valence-corrected chi connectivity index (χ2v) is 25.5. The molecular weight excluding hydrogens is 1040 g/mol. The largest absolute Gasteiger partial charge is 0.479 e. The average molecular weight is 1130 g/mol. The number of esters is 2. The van der Waals surface area contributed by atoms with Gasteiger partial charge in [-0.1, -0.05) is 59.3 Å². The molecular formula is C55H86O24. The van der Waals surface area contributed by atoms with Crippen LogP contribution in [0.2, 0.25) is 0 Å². The van der Waals surface area contributed by atoms with E-state index < -0.39 is 199 Å². The summed E-state index contributed by atoms with van der Waals surface area (Å²) in [5, 5.41) is 143. The van der Waals surface area contributed by atoms with E-state index in [0.29, 0.717) is 37.7 Å². The first-order valence-electron chi connectivity index (χ1n) is 27.7. The number of carbonyl (C=O) groups excluding carboxylic acids is 2. The number of carboxylic acids is 1. The van der Waals surface area contributed by atoms with Crippen LogP contribution in [0.15, 0.2) is 23.3 Å². The van der Waals surface area contributed by atoms with E-state index >= 15 is 0 Å². The van der Waals surface area contributed by atoms with E-state index in [-0.39, 0.29) is 24.7 Å². The van der Waals surface area contributed by atoms with Crippen LogP contribution in [-0.4, -0.2) is 227 Å². The summed E-state index contributed by atoms with van der Waals surface area (Å²) in [7, 11) is 0. The third-order valence-corrected chi connectivity index (χ3v) is 21.1. The number of rotatable bonds is 14. The standard InChI is InChI=1S/C55H86O24/c1-10-23(2)46(71)79-43-44(72-24(3)60)55(22-59)26(17-50(43,4)5)25-11-12-30-51(6)15-14-32(52(7,21-58)29(51)13-16-53(30,8)54(25,9)18-31(55)61)75-48-39(68)37(66)40(42(78-48)45(69)70)76-49-41(36(65)34(63)28(20-57)74-49)77-47-38(67)35(64)33(62)27(19-56)73-47/h10-11,26-44,47-49,56-59,61-68H,12-22H2,1-9H3,(H,69,70)/b23-10-/t26-,27+,28+,29+,30+,31+,32-,33+,34+,35-,36-,37+,38+,39+,40-,41+,42-,43-,44-,47-,48+,49-,51-,52+,53+,54+,55-/m0/s1. The number of allylic oxidation sites excluding steroid dienone is 3. The SMILES string of the molecule is C/C=C(/C)C(=O)O[C@H]1[C@H](OC(C)=O)[C@]2(CO)[C@H](O)C[C@]3(C)C(=CC[C@@H]4[C@@]5(C)CC[C@H](O[C@@H]6O[C@H](C(=O)O)[C@@H](O[C@@H]7O[C@H](CO)[C@@H](O)[C@H](O)[C@H]7O[C@@H]7O[C@H](CO)[C@@H](O)[C@H](O)[C@H]7O)[C@H](O)[C@H]6O)[C@](C)(CO)[C@@H]5CC[C@]43C)[C@@H]2CC1(C)C. The molecule has 0 aromatic heterocycles. The van der Waals surface area contributed by atoms with Gasteiger partial charge < -0.3 is 104 Å². The predicted molar refractivity (Wildman–Crippen MR) is 269 cm³/mol. The van der Waals surface area contributed by atoms with E-state index in [0.717, 1.165) is 5.57 Å². The fraction of sp³-hybridized carbons (Fsp3) is 0.873. The van der Waals surface area contributed by atoms with E-state index in [1.807, 2.05) is 20.8 Å². The van der Waals surface area contributed by atoms with Gasteiger partial charge in [-0.05, 0) is 92.8 Å². The van der Waals surface area contributed by atoms with E-state index in [2.05, 4.69) is 26.8 Å². The van der Waals surface area contributed by atoms with E-state index in [1.165, 1.54) is 6.92 Å². The smallest absolute Gasteiger partial charge is 0.335 e. The minimum Gasteiger partial charge on any atom is -0.479 e. The van der Waals surface area contributed by atoms with Crippen molar-refractivity contribution in [2.45, 2.75) is 224 Å². The Morgan fingerprint density at radius 3 is 1.82 bits per heavy atom. The molecule has 0 radical (unpaired) electrons. The van der Waals surface area contributed by atoms with Crippen LogP contribution in [0.4, 0.5) is 0 Å². The predicted octanol–water partition coefficient (Wildman–Crippen LogP) is -1.32. The van der Waals surface area contributed by atoms with Gasteiger partial charge in [-0.2, -0.15) is 0 Å². The average Bonchev–Trinajstić information content (AvgIpc) is 3.59. The number of hydrogen-bond acceptors (Lipinski definition) is 23. The molecule has 24 nitrogen and oxygen atoms in total. The number of aliphatic hydroxyl groups is 12. The van der Waals surface area contributed by atoms with Crippen molar-refractivity contribution in [2.24, 2.45) is 50.2 Å². The molecule has 8 rings (SSSR count). The molecule has 0 bridgehead atoms. The maximum atomic E-state index is 13.4. The Balaban J connectivity index is 1.04. The van der Waals surface area contributed by atoms with Gasteiger partial charge in [0.2, 0.25) is 0 Å². The van der Waals surface area contributed by atoms with Gasteiger partial charge in [0.1, 0.15) is 79.4 Å². The summed E-state index contributed by atoms with van der Waals surface area (Å²) in [6.07, 6.45) is -26.1. The zero-order valence-electron chi connectivity index (χ0n) is 46.4. The van der Waals surface area contributed by atoms with Crippen LogP contribution < -0.4 is 0 Å². The molecule has 79 heavy (non-hydrogen) atoms. The monoisotopic (exact) mass is 1130 g/mol. The highest BCUT2D eigenvalue weighted by molar-refractivity contribution is 5.87. The van der Waals surface area contributed by atoms with Crippen LogP contribution in [0, 0.1) is 50.2 Å². The van der Waals surface area contributed by atoms with Gasteiger partial charge in [0, 0.05) is 23.3 Å². The van der Waals surface area contributed by atoms with E-state index in [9.17, 15) is 80.8 Å². The number of fused-ring (bicyclic) bond motifs is 7. The maximum absolute atomic E-state index is 13.4. The number of aliphatic carboxylic acids is 1. The van der Waals surface area contributed by atoms with Crippen molar-refractivity contribution in [2.75, 3.05) is 26.4 Å². The molecule has 0 aromatic rings. The van der Waals surface area contributed by atoms with Crippen LogP contribution in [0.5, 0.6) is 0 Å². The number of ether oxygens (including phenoxy) is 8. The molecule has 5 aliphatic carbocycles. The molecule has 3 saturated heterocycles. The number of hydrogen-bond donors (Lipinski definition) is 13. The van der Waals surface area contributed by atoms with Gasteiger partial charge in [0.15, 0.2) is 25.0 Å². The molecule has 4 saturated carbocycles. The minimum atomic E-state index is -2.14. The van der Waals surface area contributed by atoms with Crippen molar-refractivity contribution in [3.63, 3.8) is 0 Å². The summed E-state index contributed by atoms with van der Waals surface area (Å²) < 4.78 is 47.4. The lowest BCUT2D eigenvalue weighted by atomic mass is 9.33. The number of carboxylic acid groups (broad SMARTS) is 1. The van der Waals surface area contributed by atoms with Crippen molar-refractivity contribution in [3.05, 3.63) is 23.3 Å². The summed E-state index contributed by atoms with van der Waals surface area (Å²) in [5.41, 5.74) is -3.51. The quantitative estimate of drug-likeness (QED) is 0.0415. The Morgan fingerprint density at radius 1 is 0.658 bits per heavy atom. The zero-order chi connectivity index (χ0) is 58.4. The Kier molecular flexibility index (Phi) is 17.8. The first-order valence-corrected chi connectivity index (χ1v) is 27.7. The summed E-state index contributed by atoms with van der Waals surface area (Å²) in [6.45, 7) is 14.2. The third-order valence-electron chi connectivity index (χ3n) is 21.1. The summed E-state index contributed by atoms with van der Waals surface area (Å²) in [4.78, 5) is 39.3. The highest BCUT2D eigenvalue weighted by Crippen LogP contribution is 2.76. The fourth-order valence-corrected chi connectivity index (χ4v) is 16.2. The second-order valence-electron chi connectivity index (χ2n) is 25.5. The highest BCUT2D eigenvalue weighted by atomic mass is 16.8. The lowest BCUT2D eigenvalue weighted by Crippen LogP contribution is -2.72. The van der Waals surface area contributed by atoms with Crippen LogP contribution >= 0.6 is 0 Å². The molecule has 8 aliphatic rings. The Labute approximate surface area is 459 Å². The number of carbonyl (C=O) groups is 3. The first kappa shape index (κ1) is 62.2. The Bertz CT molecular complexity index is 2300. The molecule has 7 fully saturated rings. The zero-order valence-corrected chi connectivity index (χ0v) is 46.4. The summed E-state index contributed by atoms with van der Waals surface area (Å²) >= 11 is 0. The highest BCUT2D eigenvalue weighted by Gasteiger charge is 2.74. The van der Waals surface area contributed by atoms with Crippen molar-refractivity contribution < 1.29 is 119 Å². The summed E-state index contributed by atoms with van der Waals surface area (Å²) in [6, 6.07) is 0. The van der Waals surface area contributed by atoms with Gasteiger partial charge in [-0.25, -0.2) is 9.59 Å². The molecule has 3 heterocycles. The van der Waals surface area contributed by atoms with Crippen molar-refractivity contribution >= 4 is 17.9 Å². The van der Waals surface area contributed by atoms with Gasteiger partial charge in [-0.3, -0.25) is 4.79 Å². The Morgan fingerprint density at radius 2 is 1.24 bits per heavy atom. The molecule has 24 heteroatoms. The van der Waals surface area contributed by atoms with Crippen molar-refractivity contribution in [1.29, 1.82) is 0 Å². The molecule has 0 aromatic carbocycles. The van der Waals surface area contributed by atoms with Gasteiger partial charge in [0.25, 0.3) is 0 Å². The van der Waals surface area contributed by atoms with Gasteiger partial charge in [0.05, 0.1) is 44.1 Å². The van der Waals surface area contributed by atoms with Crippen molar-refractivity contribution in [1.82, 2.24) is 0 Å².